The molecule has 120 valence electrons. The van der Waals surface area contributed by atoms with Gasteiger partial charge in [0.2, 0.25) is 0 Å². The van der Waals surface area contributed by atoms with Crippen LogP contribution in [0.2, 0.25) is 10.0 Å². The van der Waals surface area contributed by atoms with Crippen molar-refractivity contribution in [1.29, 1.82) is 0 Å². The monoisotopic (exact) mass is 349 g/mol. The van der Waals surface area contributed by atoms with Crippen molar-refractivity contribution < 1.29 is 4.79 Å². The fourth-order valence-electron chi connectivity index (χ4n) is 2.65. The lowest BCUT2D eigenvalue weighted by atomic mass is 9.98. The van der Waals surface area contributed by atoms with Crippen molar-refractivity contribution in [1.82, 2.24) is 5.32 Å². The fraction of sp³-hybridized carbons (Fsp3) is 0.235. The van der Waals surface area contributed by atoms with Gasteiger partial charge in [0.15, 0.2) is 0 Å². The molecule has 0 saturated carbocycles. The summed E-state index contributed by atoms with van der Waals surface area (Å²) in [6.45, 7) is 2.08. The number of anilines is 2. The molecule has 0 bridgehead atoms. The van der Waals surface area contributed by atoms with E-state index in [1.807, 2.05) is 12.1 Å². The molecule has 23 heavy (non-hydrogen) atoms. The molecule has 2 aromatic carbocycles. The van der Waals surface area contributed by atoms with Crippen LogP contribution in [0.15, 0.2) is 42.5 Å². The van der Waals surface area contributed by atoms with Crippen molar-refractivity contribution in [3.63, 3.8) is 0 Å². The van der Waals surface area contributed by atoms with Crippen molar-refractivity contribution in [3.8, 4) is 0 Å². The molecule has 1 aliphatic heterocycles. The molecule has 3 N–H and O–H groups in total. The van der Waals surface area contributed by atoms with E-state index in [0.29, 0.717) is 21.7 Å². The molecule has 1 saturated heterocycles. The molecule has 1 unspecified atom stereocenters. The van der Waals surface area contributed by atoms with Crippen molar-refractivity contribution in [3.05, 3.63) is 58.1 Å². The van der Waals surface area contributed by atoms with E-state index in [2.05, 4.69) is 28.1 Å². The second-order valence-corrected chi connectivity index (χ2v) is 6.36. The van der Waals surface area contributed by atoms with Crippen LogP contribution in [0.4, 0.5) is 16.2 Å². The van der Waals surface area contributed by atoms with E-state index in [4.69, 9.17) is 23.2 Å². The van der Waals surface area contributed by atoms with Crippen molar-refractivity contribution in [2.75, 3.05) is 23.7 Å². The molecular formula is C17H17Cl2N3O. The Morgan fingerprint density at radius 2 is 1.87 bits per heavy atom. The maximum atomic E-state index is 12.0. The Bertz CT molecular complexity index is 697. The van der Waals surface area contributed by atoms with Gasteiger partial charge in [-0.3, -0.25) is 0 Å². The lowest BCUT2D eigenvalue weighted by molar-refractivity contribution is 0.262. The Kier molecular flexibility index (Phi) is 5.06. The molecule has 1 heterocycles. The Balaban J connectivity index is 1.61. The van der Waals surface area contributed by atoms with Crippen LogP contribution in [0.3, 0.4) is 0 Å². The van der Waals surface area contributed by atoms with Gasteiger partial charge < -0.3 is 16.0 Å². The minimum absolute atomic E-state index is 0.343. The minimum atomic E-state index is -0.343. The Hall–Kier alpha value is -1.75. The number of hydrogen-bond acceptors (Lipinski definition) is 2. The maximum absolute atomic E-state index is 12.0. The normalized spacial score (nSPS) is 17.0. The molecule has 0 aromatic heterocycles. The fourth-order valence-corrected chi connectivity index (χ4v) is 3.11. The number of urea groups is 1. The van der Waals surface area contributed by atoms with Crippen LogP contribution < -0.4 is 16.0 Å². The van der Waals surface area contributed by atoms with Gasteiger partial charge in [0.1, 0.15) is 0 Å². The third kappa shape index (κ3) is 4.16. The number of halogens is 2. The summed E-state index contributed by atoms with van der Waals surface area (Å²) in [4.78, 5) is 12.0. The molecule has 2 aromatic rings. The zero-order chi connectivity index (χ0) is 16.2. The first-order valence-corrected chi connectivity index (χ1v) is 8.21. The van der Waals surface area contributed by atoms with E-state index in [1.54, 1.807) is 18.2 Å². The summed E-state index contributed by atoms with van der Waals surface area (Å²) in [7, 11) is 0. The summed E-state index contributed by atoms with van der Waals surface area (Å²) in [5.41, 5.74) is 2.55. The average molecular weight is 350 g/mol. The van der Waals surface area contributed by atoms with Gasteiger partial charge in [-0.05, 0) is 54.8 Å². The van der Waals surface area contributed by atoms with Gasteiger partial charge in [0.05, 0.1) is 10.7 Å². The molecule has 1 atom stereocenters. The summed E-state index contributed by atoms with van der Waals surface area (Å²) in [6, 6.07) is 12.5. The molecular weight excluding hydrogens is 333 g/mol. The summed E-state index contributed by atoms with van der Waals surface area (Å²) in [5.74, 6) is 0.561. The van der Waals surface area contributed by atoms with Crippen molar-refractivity contribution in [2.24, 2.45) is 0 Å². The van der Waals surface area contributed by atoms with Crippen LogP contribution in [0.25, 0.3) is 0 Å². The highest BCUT2D eigenvalue weighted by Crippen LogP contribution is 2.26. The van der Waals surface area contributed by atoms with Gasteiger partial charge in [0, 0.05) is 17.3 Å². The van der Waals surface area contributed by atoms with Gasteiger partial charge in [0.25, 0.3) is 0 Å². The highest BCUT2D eigenvalue weighted by atomic mass is 35.5. The largest absolute Gasteiger partial charge is 0.323 e. The predicted octanol–water partition coefficient (Wildman–Crippen LogP) is 4.71. The molecule has 4 nitrogen and oxygen atoms in total. The summed E-state index contributed by atoms with van der Waals surface area (Å²) in [6.07, 6.45) is 1.16. The third-order valence-corrected chi connectivity index (χ3v) is 4.43. The Labute approximate surface area is 145 Å². The molecule has 0 radical (unpaired) electrons. The smallest absolute Gasteiger partial charge is 0.316 e. The van der Waals surface area contributed by atoms with Crippen LogP contribution in [0, 0.1) is 0 Å². The first kappa shape index (κ1) is 16.1. The number of benzene rings is 2. The number of carbonyl (C=O) groups is 1. The van der Waals surface area contributed by atoms with Crippen LogP contribution in [-0.2, 0) is 0 Å². The average Bonchev–Trinajstić information content (AvgIpc) is 3.05. The minimum Gasteiger partial charge on any atom is -0.316 e. The first-order valence-electron chi connectivity index (χ1n) is 7.45. The molecule has 0 spiro atoms. The second-order valence-electron chi connectivity index (χ2n) is 5.52. The Morgan fingerprint density at radius 3 is 2.52 bits per heavy atom. The summed E-state index contributed by atoms with van der Waals surface area (Å²) < 4.78 is 0. The van der Waals surface area contributed by atoms with Gasteiger partial charge >= 0.3 is 6.03 Å². The van der Waals surface area contributed by atoms with Gasteiger partial charge in [-0.1, -0.05) is 35.3 Å². The van der Waals surface area contributed by atoms with E-state index in [0.717, 1.165) is 25.2 Å². The number of nitrogens with one attached hydrogen (secondary N) is 3. The topological polar surface area (TPSA) is 53.2 Å². The molecule has 1 fully saturated rings. The first-order chi connectivity index (χ1) is 11.1. The lowest BCUT2D eigenvalue weighted by Crippen LogP contribution is -2.19. The van der Waals surface area contributed by atoms with Crippen LogP contribution in [0.1, 0.15) is 17.9 Å². The molecule has 0 aliphatic carbocycles. The number of carbonyl (C=O) groups excluding carboxylic acids is 1. The summed E-state index contributed by atoms with van der Waals surface area (Å²) >= 11 is 11.9. The number of rotatable bonds is 3. The standard InChI is InChI=1S/C17H17Cl2N3O/c18-13-3-6-16(15(19)9-13)22-17(23)21-14-4-1-11(2-5-14)12-7-8-20-10-12/h1-6,9,12,20H,7-8,10H2,(H2,21,22,23). The van der Waals surface area contributed by atoms with Crippen LogP contribution in [-0.4, -0.2) is 19.1 Å². The number of hydrogen-bond donors (Lipinski definition) is 3. The van der Waals surface area contributed by atoms with E-state index in [1.165, 1.54) is 5.56 Å². The number of amides is 2. The predicted molar refractivity (Wildman–Crippen MR) is 95.8 cm³/mol. The van der Waals surface area contributed by atoms with Crippen molar-refractivity contribution >= 4 is 40.6 Å². The Morgan fingerprint density at radius 1 is 1.09 bits per heavy atom. The zero-order valence-electron chi connectivity index (χ0n) is 12.4. The van der Waals surface area contributed by atoms with Crippen LogP contribution >= 0.6 is 23.2 Å². The lowest BCUT2D eigenvalue weighted by Gasteiger charge is -2.12. The summed E-state index contributed by atoms with van der Waals surface area (Å²) in [5, 5.41) is 9.78. The van der Waals surface area contributed by atoms with Crippen molar-refractivity contribution in [2.45, 2.75) is 12.3 Å². The maximum Gasteiger partial charge on any atom is 0.323 e. The third-order valence-electron chi connectivity index (χ3n) is 3.88. The highest BCUT2D eigenvalue weighted by Gasteiger charge is 2.16. The second kappa shape index (κ2) is 7.21. The van der Waals surface area contributed by atoms with E-state index in [-0.39, 0.29) is 6.03 Å². The molecule has 6 heteroatoms. The van der Waals surface area contributed by atoms with Gasteiger partial charge in [-0.25, -0.2) is 4.79 Å². The van der Waals surface area contributed by atoms with Gasteiger partial charge in [-0.2, -0.15) is 0 Å². The molecule has 1 aliphatic rings. The van der Waals surface area contributed by atoms with E-state index < -0.39 is 0 Å². The molecule has 2 amide bonds. The van der Waals surface area contributed by atoms with E-state index in [9.17, 15) is 4.79 Å². The molecule has 3 rings (SSSR count). The SMILES string of the molecule is O=C(Nc1ccc(C2CCNC2)cc1)Nc1ccc(Cl)cc1Cl. The van der Waals surface area contributed by atoms with Crippen LogP contribution in [0.5, 0.6) is 0 Å². The zero-order valence-corrected chi connectivity index (χ0v) is 13.9. The highest BCUT2D eigenvalue weighted by molar-refractivity contribution is 6.36. The quantitative estimate of drug-likeness (QED) is 0.751. The van der Waals surface area contributed by atoms with E-state index >= 15 is 0 Å². The van der Waals surface area contributed by atoms with Gasteiger partial charge in [-0.15, -0.1) is 0 Å².